The van der Waals surface area contributed by atoms with Gasteiger partial charge in [-0.3, -0.25) is 4.90 Å². The molecule has 1 unspecified atom stereocenters. The van der Waals surface area contributed by atoms with Crippen LogP contribution in [0.2, 0.25) is 0 Å². The molecule has 0 aliphatic carbocycles. The Hall–Kier alpha value is 0.260. The van der Waals surface area contributed by atoms with Gasteiger partial charge in [-0.25, -0.2) is 8.42 Å². The van der Waals surface area contributed by atoms with E-state index in [1.54, 1.807) is 11.8 Å². The van der Waals surface area contributed by atoms with Gasteiger partial charge in [0.25, 0.3) is 0 Å². The Bertz CT molecular complexity index is 224. The summed E-state index contributed by atoms with van der Waals surface area (Å²) in [6.07, 6.45) is 2.05. The van der Waals surface area contributed by atoms with Crippen molar-refractivity contribution in [3.05, 3.63) is 0 Å². The van der Waals surface area contributed by atoms with Gasteiger partial charge in [0.05, 0.1) is 16.9 Å². The molecule has 0 aromatic heterocycles. The van der Waals surface area contributed by atoms with E-state index in [0.29, 0.717) is 30.0 Å². The molecule has 72 valence electrons. The van der Waals surface area contributed by atoms with Crippen molar-refractivity contribution < 1.29 is 8.42 Å². The minimum Gasteiger partial charge on any atom is -0.290 e. The molecule has 12 heavy (non-hydrogen) atoms. The first-order valence-corrected chi connectivity index (χ1v) is 7.13. The molecule has 1 fully saturated rings. The van der Waals surface area contributed by atoms with Gasteiger partial charge in [-0.05, 0) is 13.2 Å². The van der Waals surface area contributed by atoms with E-state index in [1.165, 1.54) is 0 Å². The summed E-state index contributed by atoms with van der Waals surface area (Å²) >= 11 is 1.76. The minimum atomic E-state index is -2.71. The lowest BCUT2D eigenvalue weighted by molar-refractivity contribution is 0.289. The largest absolute Gasteiger partial charge is 0.290 e. The number of hydrogen-bond donors (Lipinski definition) is 0. The van der Waals surface area contributed by atoms with E-state index in [4.69, 9.17) is 0 Å². The zero-order chi connectivity index (χ0) is 9.19. The highest BCUT2D eigenvalue weighted by molar-refractivity contribution is 7.99. The highest BCUT2D eigenvalue weighted by Crippen LogP contribution is 2.14. The summed E-state index contributed by atoms with van der Waals surface area (Å²) in [6.45, 7) is 3.51. The zero-order valence-electron chi connectivity index (χ0n) is 7.49. The average Bonchev–Trinajstić information content (AvgIpc) is 2.03. The van der Waals surface area contributed by atoms with Crippen LogP contribution in [0.1, 0.15) is 6.92 Å². The molecule has 0 amide bonds. The van der Waals surface area contributed by atoms with E-state index in [2.05, 4.69) is 11.8 Å². The molecule has 1 heterocycles. The summed E-state index contributed by atoms with van der Waals surface area (Å²) in [6, 6.07) is 0. The predicted molar refractivity (Wildman–Crippen MR) is 53.2 cm³/mol. The van der Waals surface area contributed by atoms with Crippen LogP contribution >= 0.6 is 11.8 Å². The van der Waals surface area contributed by atoms with Gasteiger partial charge in [-0.1, -0.05) is 0 Å². The van der Waals surface area contributed by atoms with Crippen LogP contribution in [-0.4, -0.2) is 49.5 Å². The van der Waals surface area contributed by atoms with Gasteiger partial charge in [0.15, 0.2) is 9.84 Å². The van der Waals surface area contributed by atoms with Crippen LogP contribution < -0.4 is 0 Å². The maximum Gasteiger partial charge on any atom is 0.152 e. The molecule has 0 spiro atoms. The predicted octanol–water partition coefficient (Wildman–Crippen LogP) is 0.426. The lowest BCUT2D eigenvalue weighted by atomic mass is 10.5. The number of thioether (sulfide) groups is 1. The molecule has 0 saturated carbocycles. The maximum absolute atomic E-state index is 11.1. The Balaban J connectivity index is 2.46. The van der Waals surface area contributed by atoms with Crippen LogP contribution in [0.3, 0.4) is 0 Å². The molecule has 1 aliphatic heterocycles. The molecule has 0 aromatic carbocycles. The minimum absolute atomic E-state index is 0.331. The van der Waals surface area contributed by atoms with E-state index < -0.39 is 9.84 Å². The van der Waals surface area contributed by atoms with E-state index in [0.717, 1.165) is 0 Å². The molecule has 0 aromatic rings. The van der Waals surface area contributed by atoms with Crippen LogP contribution in [0, 0.1) is 0 Å². The summed E-state index contributed by atoms with van der Waals surface area (Å²) in [4.78, 5) is 2.21. The van der Waals surface area contributed by atoms with Crippen LogP contribution in [0.15, 0.2) is 0 Å². The van der Waals surface area contributed by atoms with Crippen molar-refractivity contribution in [2.24, 2.45) is 0 Å². The van der Waals surface area contributed by atoms with Crippen molar-refractivity contribution in [2.75, 3.05) is 30.9 Å². The van der Waals surface area contributed by atoms with Crippen molar-refractivity contribution in [1.82, 2.24) is 4.90 Å². The monoisotopic (exact) mass is 209 g/mol. The van der Waals surface area contributed by atoms with Gasteiger partial charge in [-0.15, -0.1) is 11.8 Å². The molecular weight excluding hydrogens is 194 g/mol. The van der Waals surface area contributed by atoms with Gasteiger partial charge in [-0.2, -0.15) is 0 Å². The first kappa shape index (κ1) is 10.3. The fourth-order valence-corrected chi connectivity index (χ4v) is 2.98. The Morgan fingerprint density at radius 1 is 1.33 bits per heavy atom. The van der Waals surface area contributed by atoms with Crippen LogP contribution in [-0.2, 0) is 9.84 Å². The number of rotatable bonds is 2. The van der Waals surface area contributed by atoms with Crippen molar-refractivity contribution in [1.29, 1.82) is 0 Å². The summed E-state index contributed by atoms with van der Waals surface area (Å²) in [7, 11) is -2.71. The molecule has 3 nitrogen and oxygen atoms in total. The molecule has 1 rings (SSSR count). The standard InChI is InChI=1S/C7H15NO2S2/c1-7(11-2)8-3-5-12(9,10)6-4-8/h7H,3-6H2,1-2H3. The van der Waals surface area contributed by atoms with Crippen LogP contribution in [0.4, 0.5) is 0 Å². The molecule has 0 radical (unpaired) electrons. The third-order valence-electron chi connectivity index (χ3n) is 2.23. The normalized spacial score (nSPS) is 26.8. The zero-order valence-corrected chi connectivity index (χ0v) is 9.12. The van der Waals surface area contributed by atoms with E-state index in [1.807, 2.05) is 6.26 Å². The molecular formula is C7H15NO2S2. The van der Waals surface area contributed by atoms with Crippen molar-refractivity contribution in [2.45, 2.75) is 12.3 Å². The quantitative estimate of drug-likeness (QED) is 0.661. The first-order valence-electron chi connectivity index (χ1n) is 4.02. The van der Waals surface area contributed by atoms with E-state index >= 15 is 0 Å². The van der Waals surface area contributed by atoms with Gasteiger partial charge >= 0.3 is 0 Å². The fourth-order valence-electron chi connectivity index (χ4n) is 1.24. The maximum atomic E-state index is 11.1. The van der Waals surface area contributed by atoms with Crippen molar-refractivity contribution >= 4 is 21.6 Å². The number of hydrogen-bond acceptors (Lipinski definition) is 4. The van der Waals surface area contributed by atoms with Crippen LogP contribution in [0.5, 0.6) is 0 Å². The summed E-state index contributed by atoms with van der Waals surface area (Å²) in [5.41, 5.74) is 0. The SMILES string of the molecule is CSC(C)N1CCS(=O)(=O)CC1. The smallest absolute Gasteiger partial charge is 0.152 e. The first-order chi connectivity index (χ1) is 5.55. The lowest BCUT2D eigenvalue weighted by Gasteiger charge is -2.30. The Labute approximate surface area is 78.4 Å². The molecule has 5 heteroatoms. The highest BCUT2D eigenvalue weighted by Gasteiger charge is 2.23. The topological polar surface area (TPSA) is 37.4 Å². The Morgan fingerprint density at radius 2 is 1.83 bits per heavy atom. The number of sulfone groups is 1. The summed E-state index contributed by atoms with van der Waals surface area (Å²) < 4.78 is 22.1. The van der Waals surface area contributed by atoms with Gasteiger partial charge in [0.2, 0.25) is 0 Å². The lowest BCUT2D eigenvalue weighted by Crippen LogP contribution is -2.43. The van der Waals surface area contributed by atoms with Gasteiger partial charge in [0.1, 0.15) is 0 Å². The van der Waals surface area contributed by atoms with Gasteiger partial charge < -0.3 is 0 Å². The van der Waals surface area contributed by atoms with Crippen molar-refractivity contribution in [3.63, 3.8) is 0 Å². The second kappa shape index (κ2) is 3.98. The molecule has 0 bridgehead atoms. The third-order valence-corrected chi connectivity index (χ3v) is 4.82. The Kier molecular flexibility index (Phi) is 3.43. The fraction of sp³-hybridized carbons (Fsp3) is 1.00. The summed E-state index contributed by atoms with van der Waals surface area (Å²) in [5.74, 6) is 0.662. The summed E-state index contributed by atoms with van der Waals surface area (Å²) in [5, 5.41) is 0.445. The number of nitrogens with zero attached hydrogens (tertiary/aromatic N) is 1. The molecule has 1 atom stereocenters. The Morgan fingerprint density at radius 3 is 2.25 bits per heavy atom. The van der Waals surface area contributed by atoms with E-state index in [-0.39, 0.29) is 0 Å². The van der Waals surface area contributed by atoms with Crippen LogP contribution in [0.25, 0.3) is 0 Å². The third kappa shape index (κ3) is 2.64. The van der Waals surface area contributed by atoms with E-state index in [9.17, 15) is 8.42 Å². The molecule has 1 aliphatic rings. The van der Waals surface area contributed by atoms with Crippen molar-refractivity contribution in [3.8, 4) is 0 Å². The average molecular weight is 209 g/mol. The van der Waals surface area contributed by atoms with Gasteiger partial charge in [0, 0.05) is 13.1 Å². The second-order valence-corrected chi connectivity index (χ2v) is 6.48. The molecule has 1 saturated heterocycles. The molecule has 0 N–H and O–H groups in total. The highest BCUT2D eigenvalue weighted by atomic mass is 32.2. The second-order valence-electron chi connectivity index (χ2n) is 3.02.